The molecule has 0 fully saturated rings. The molecule has 186 valence electrons. The van der Waals surface area contributed by atoms with Crippen molar-refractivity contribution in [1.82, 2.24) is 20.2 Å². The van der Waals surface area contributed by atoms with Crippen molar-refractivity contribution in [2.75, 3.05) is 32.1 Å². The van der Waals surface area contributed by atoms with Gasteiger partial charge in [-0.1, -0.05) is 24.3 Å². The first-order valence-corrected chi connectivity index (χ1v) is 11.7. The molecule has 1 aliphatic heterocycles. The van der Waals surface area contributed by atoms with Gasteiger partial charge in [0.25, 0.3) is 5.91 Å². The van der Waals surface area contributed by atoms with Gasteiger partial charge in [0, 0.05) is 38.6 Å². The lowest BCUT2D eigenvalue weighted by Crippen LogP contribution is -2.34. The highest BCUT2D eigenvalue weighted by atomic mass is 19.1. The third kappa shape index (κ3) is 6.44. The number of aromatic nitrogens is 2. The molecule has 0 aliphatic carbocycles. The standard InChI is InChI=1S/C27H28FN5O3/c1-36-27(35)33-14-10-21(11-15-33)24-8-7-23(26(34)31-18-20-5-3-12-29-17-20)25(32-24)30-13-9-19-4-2-6-22(28)16-19/h2-8,10,12,16-17H,9,11,13-15,18H2,1H3,(H,30,32)(H,31,34). The van der Waals surface area contributed by atoms with Gasteiger partial charge in [-0.3, -0.25) is 9.78 Å². The maximum atomic E-state index is 13.5. The van der Waals surface area contributed by atoms with E-state index in [2.05, 4.69) is 15.6 Å². The monoisotopic (exact) mass is 489 g/mol. The van der Waals surface area contributed by atoms with Crippen molar-refractivity contribution in [1.29, 1.82) is 0 Å². The van der Waals surface area contributed by atoms with Crippen molar-refractivity contribution in [3.05, 3.63) is 95.2 Å². The fraction of sp³-hybridized carbons (Fsp3) is 0.259. The Hall–Kier alpha value is -4.27. The lowest BCUT2D eigenvalue weighted by atomic mass is 10.0. The van der Waals surface area contributed by atoms with Crippen molar-refractivity contribution >= 4 is 23.4 Å². The number of hydrogen-bond acceptors (Lipinski definition) is 6. The minimum atomic E-state index is -0.362. The number of ether oxygens (including phenoxy) is 1. The Morgan fingerprint density at radius 1 is 1.14 bits per heavy atom. The Balaban J connectivity index is 1.51. The van der Waals surface area contributed by atoms with Crippen LogP contribution in [0.15, 0.2) is 67.0 Å². The van der Waals surface area contributed by atoms with Gasteiger partial charge in [-0.05, 0) is 59.9 Å². The number of carbonyl (C=O) groups is 2. The summed E-state index contributed by atoms with van der Waals surface area (Å²) in [5.74, 6) is -0.0992. The van der Waals surface area contributed by atoms with E-state index in [1.807, 2.05) is 30.3 Å². The Morgan fingerprint density at radius 2 is 2.00 bits per heavy atom. The highest BCUT2D eigenvalue weighted by Crippen LogP contribution is 2.24. The third-order valence-electron chi connectivity index (χ3n) is 5.88. The number of carbonyl (C=O) groups excluding carboxylic acids is 2. The maximum absolute atomic E-state index is 13.5. The van der Waals surface area contributed by atoms with Gasteiger partial charge in [0.05, 0.1) is 18.4 Å². The minimum Gasteiger partial charge on any atom is -0.453 e. The minimum absolute atomic E-state index is 0.263. The number of pyridine rings is 2. The molecular weight excluding hydrogens is 461 g/mol. The van der Waals surface area contributed by atoms with E-state index in [0.29, 0.717) is 50.4 Å². The van der Waals surface area contributed by atoms with Crippen LogP contribution in [0.4, 0.5) is 15.0 Å². The van der Waals surface area contributed by atoms with E-state index < -0.39 is 0 Å². The summed E-state index contributed by atoms with van der Waals surface area (Å²) in [7, 11) is 1.36. The number of methoxy groups -OCH3 is 1. The summed E-state index contributed by atoms with van der Waals surface area (Å²) in [5.41, 5.74) is 3.87. The number of hydrogen-bond donors (Lipinski definition) is 2. The molecule has 8 nitrogen and oxygen atoms in total. The van der Waals surface area contributed by atoms with Crippen LogP contribution in [0.2, 0.25) is 0 Å². The molecule has 0 saturated carbocycles. The number of amides is 2. The van der Waals surface area contributed by atoms with E-state index in [4.69, 9.17) is 9.72 Å². The van der Waals surface area contributed by atoms with Crippen LogP contribution < -0.4 is 10.6 Å². The molecule has 0 atom stereocenters. The average molecular weight is 490 g/mol. The van der Waals surface area contributed by atoms with Gasteiger partial charge in [0.2, 0.25) is 0 Å². The SMILES string of the molecule is COC(=O)N1CC=C(c2ccc(C(=O)NCc3cccnc3)c(NCCc3cccc(F)c3)n2)CC1. The fourth-order valence-electron chi connectivity index (χ4n) is 3.95. The zero-order chi connectivity index (χ0) is 25.3. The van der Waals surface area contributed by atoms with E-state index in [1.54, 1.807) is 29.4 Å². The molecule has 0 bridgehead atoms. The highest BCUT2D eigenvalue weighted by Gasteiger charge is 2.20. The molecule has 0 saturated heterocycles. The predicted octanol–water partition coefficient (Wildman–Crippen LogP) is 4.06. The summed E-state index contributed by atoms with van der Waals surface area (Å²) < 4.78 is 18.3. The number of halogens is 1. The van der Waals surface area contributed by atoms with Crippen molar-refractivity contribution in [2.45, 2.75) is 19.4 Å². The second kappa shape index (κ2) is 11.9. The van der Waals surface area contributed by atoms with Crippen LogP contribution in [-0.4, -0.2) is 53.6 Å². The molecule has 9 heteroatoms. The second-order valence-corrected chi connectivity index (χ2v) is 8.34. The van der Waals surface area contributed by atoms with Gasteiger partial charge in [-0.15, -0.1) is 0 Å². The van der Waals surface area contributed by atoms with Gasteiger partial charge in [0.15, 0.2) is 0 Å². The molecule has 1 aromatic carbocycles. The van der Waals surface area contributed by atoms with E-state index in [0.717, 1.165) is 22.4 Å². The quantitative estimate of drug-likeness (QED) is 0.496. The van der Waals surface area contributed by atoms with Gasteiger partial charge in [-0.25, -0.2) is 14.2 Å². The summed E-state index contributed by atoms with van der Waals surface area (Å²) in [5, 5.41) is 6.17. The molecule has 36 heavy (non-hydrogen) atoms. The van der Waals surface area contributed by atoms with Crippen molar-refractivity contribution in [3.8, 4) is 0 Å². The van der Waals surface area contributed by atoms with E-state index in [-0.39, 0.29) is 17.8 Å². The smallest absolute Gasteiger partial charge is 0.409 e. The first kappa shape index (κ1) is 24.8. The first-order chi connectivity index (χ1) is 17.5. The Morgan fingerprint density at radius 3 is 2.72 bits per heavy atom. The van der Waals surface area contributed by atoms with Crippen LogP contribution in [0.3, 0.4) is 0 Å². The summed E-state index contributed by atoms with van der Waals surface area (Å²) in [6.07, 6.45) is 6.15. The molecule has 1 aliphatic rings. The molecular formula is C27H28FN5O3. The largest absolute Gasteiger partial charge is 0.453 e. The number of rotatable bonds is 8. The molecule has 0 radical (unpaired) electrons. The zero-order valence-corrected chi connectivity index (χ0v) is 20.0. The Bertz CT molecular complexity index is 1250. The van der Waals surface area contributed by atoms with Crippen LogP contribution in [0.25, 0.3) is 5.57 Å². The molecule has 3 aromatic rings. The topological polar surface area (TPSA) is 96.5 Å². The Labute approximate surface area is 209 Å². The van der Waals surface area contributed by atoms with E-state index in [9.17, 15) is 14.0 Å². The summed E-state index contributed by atoms with van der Waals surface area (Å²) >= 11 is 0. The molecule has 2 amide bonds. The highest BCUT2D eigenvalue weighted by molar-refractivity contribution is 5.99. The van der Waals surface area contributed by atoms with Crippen LogP contribution in [0.5, 0.6) is 0 Å². The van der Waals surface area contributed by atoms with E-state index >= 15 is 0 Å². The molecule has 4 rings (SSSR count). The molecule has 2 aromatic heterocycles. The van der Waals surface area contributed by atoms with E-state index in [1.165, 1.54) is 19.2 Å². The first-order valence-electron chi connectivity index (χ1n) is 11.7. The molecule has 2 N–H and O–H groups in total. The average Bonchev–Trinajstić information content (AvgIpc) is 2.92. The van der Waals surface area contributed by atoms with Gasteiger partial charge < -0.3 is 20.3 Å². The normalized spacial score (nSPS) is 13.1. The molecule has 3 heterocycles. The summed E-state index contributed by atoms with van der Waals surface area (Å²) in [4.78, 5) is 35.2. The van der Waals surface area contributed by atoms with Crippen LogP contribution in [0.1, 0.15) is 33.6 Å². The van der Waals surface area contributed by atoms with Crippen LogP contribution in [0, 0.1) is 5.82 Å². The lowest BCUT2D eigenvalue weighted by molar-refractivity contribution is 0.0951. The molecule has 0 spiro atoms. The van der Waals surface area contributed by atoms with Gasteiger partial charge in [-0.2, -0.15) is 0 Å². The van der Waals surface area contributed by atoms with Gasteiger partial charge >= 0.3 is 6.09 Å². The number of nitrogens with one attached hydrogen (secondary N) is 2. The molecule has 0 unspecified atom stereocenters. The number of nitrogens with zero attached hydrogens (tertiary/aromatic N) is 3. The predicted molar refractivity (Wildman–Crippen MR) is 135 cm³/mol. The second-order valence-electron chi connectivity index (χ2n) is 8.34. The van der Waals surface area contributed by atoms with Crippen molar-refractivity contribution in [3.63, 3.8) is 0 Å². The fourth-order valence-corrected chi connectivity index (χ4v) is 3.95. The zero-order valence-electron chi connectivity index (χ0n) is 20.0. The van der Waals surface area contributed by atoms with Crippen LogP contribution >= 0.6 is 0 Å². The van der Waals surface area contributed by atoms with Crippen LogP contribution in [-0.2, 0) is 17.7 Å². The lowest BCUT2D eigenvalue weighted by Gasteiger charge is -2.25. The van der Waals surface area contributed by atoms with Crippen molar-refractivity contribution < 1.29 is 18.7 Å². The number of anilines is 1. The number of benzene rings is 1. The Kier molecular flexibility index (Phi) is 8.23. The third-order valence-corrected chi connectivity index (χ3v) is 5.88. The summed E-state index contributed by atoms with van der Waals surface area (Å²) in [6, 6.07) is 13.7. The maximum Gasteiger partial charge on any atom is 0.409 e. The summed E-state index contributed by atoms with van der Waals surface area (Å²) in [6.45, 7) is 1.76. The van der Waals surface area contributed by atoms with Crippen molar-refractivity contribution in [2.24, 2.45) is 0 Å². The van der Waals surface area contributed by atoms with Gasteiger partial charge in [0.1, 0.15) is 11.6 Å².